The molecule has 31 heavy (non-hydrogen) atoms. The summed E-state index contributed by atoms with van der Waals surface area (Å²) in [5.41, 5.74) is 2.73. The van der Waals surface area contributed by atoms with Gasteiger partial charge >= 0.3 is 0 Å². The predicted octanol–water partition coefficient (Wildman–Crippen LogP) is 3.72. The average Bonchev–Trinajstić information content (AvgIpc) is 3.33. The molecule has 1 aliphatic rings. The van der Waals surface area contributed by atoms with Crippen molar-refractivity contribution in [2.75, 3.05) is 30.4 Å². The molecular weight excluding hydrogens is 394 g/mol. The van der Waals surface area contributed by atoms with Crippen LogP contribution in [0.3, 0.4) is 0 Å². The summed E-state index contributed by atoms with van der Waals surface area (Å²) < 4.78 is 15.4. The molecule has 4 rings (SSSR count). The maximum absolute atomic E-state index is 5.88. The lowest BCUT2D eigenvalue weighted by Gasteiger charge is -2.36. The van der Waals surface area contributed by atoms with E-state index in [0.717, 1.165) is 41.9 Å². The summed E-state index contributed by atoms with van der Waals surface area (Å²) in [4.78, 5) is 11.4. The van der Waals surface area contributed by atoms with E-state index in [4.69, 9.17) is 19.6 Å². The van der Waals surface area contributed by atoms with Gasteiger partial charge in [0.15, 0.2) is 0 Å². The number of morpholine rings is 1. The van der Waals surface area contributed by atoms with Gasteiger partial charge in [0.1, 0.15) is 5.75 Å². The van der Waals surface area contributed by atoms with Gasteiger partial charge in [0.05, 0.1) is 43.1 Å². The van der Waals surface area contributed by atoms with E-state index in [9.17, 15) is 0 Å². The van der Waals surface area contributed by atoms with Crippen LogP contribution in [0.5, 0.6) is 5.75 Å². The lowest BCUT2D eigenvalue weighted by atomic mass is 10.2. The molecule has 3 aromatic rings. The summed E-state index contributed by atoms with van der Waals surface area (Å²) >= 11 is 0. The number of aryl methyl sites for hydroxylation is 1. The number of hydrogen-bond donors (Lipinski definition) is 1. The Morgan fingerprint density at radius 3 is 2.55 bits per heavy atom. The van der Waals surface area contributed by atoms with Crippen LogP contribution >= 0.6 is 0 Å². The first kappa shape index (κ1) is 21.2. The zero-order valence-electron chi connectivity index (χ0n) is 19.0. The first-order chi connectivity index (χ1) is 14.8. The average molecular weight is 426 g/mol. The van der Waals surface area contributed by atoms with Gasteiger partial charge in [0, 0.05) is 31.0 Å². The number of rotatable bonds is 6. The number of anilines is 3. The maximum Gasteiger partial charge on any atom is 0.248 e. The molecule has 0 amide bonds. The molecule has 1 aromatic carbocycles. The van der Waals surface area contributed by atoms with Crippen LogP contribution in [0.15, 0.2) is 30.7 Å². The Bertz CT molecular complexity index is 1030. The lowest BCUT2D eigenvalue weighted by molar-refractivity contribution is -0.00601. The molecule has 0 radical (unpaired) electrons. The molecule has 0 spiro atoms. The minimum absolute atomic E-state index is 0.154. The highest BCUT2D eigenvalue weighted by Crippen LogP contribution is 2.29. The highest BCUT2D eigenvalue weighted by molar-refractivity contribution is 5.62. The van der Waals surface area contributed by atoms with Crippen molar-refractivity contribution < 1.29 is 9.47 Å². The second kappa shape index (κ2) is 8.58. The van der Waals surface area contributed by atoms with Crippen LogP contribution in [0.4, 0.5) is 17.6 Å². The van der Waals surface area contributed by atoms with Crippen molar-refractivity contribution in [1.29, 1.82) is 0 Å². The third-order valence-corrected chi connectivity index (χ3v) is 5.23. The van der Waals surface area contributed by atoms with E-state index >= 15 is 0 Å². The van der Waals surface area contributed by atoms with Crippen LogP contribution in [-0.4, -0.2) is 56.7 Å². The lowest BCUT2D eigenvalue weighted by Crippen LogP contribution is -2.46. The number of aromatic nitrogens is 5. The number of nitrogens with zero attached hydrogens (tertiary/aromatic N) is 6. The highest BCUT2D eigenvalue weighted by Gasteiger charge is 2.27. The molecule has 1 aliphatic heterocycles. The van der Waals surface area contributed by atoms with E-state index in [0.29, 0.717) is 5.95 Å². The molecule has 0 saturated carbocycles. The third kappa shape index (κ3) is 4.51. The number of nitrogens with one attached hydrogen (secondary N) is 1. The van der Waals surface area contributed by atoms with Crippen molar-refractivity contribution >= 4 is 17.6 Å². The van der Waals surface area contributed by atoms with Gasteiger partial charge in [-0.2, -0.15) is 4.98 Å². The number of methoxy groups -OCH3 is 1. The molecule has 9 nitrogen and oxygen atoms in total. The second-order valence-corrected chi connectivity index (χ2v) is 8.37. The van der Waals surface area contributed by atoms with E-state index < -0.39 is 0 Å². The van der Waals surface area contributed by atoms with Crippen LogP contribution in [-0.2, 0) is 4.74 Å². The Morgan fingerprint density at radius 1 is 1.19 bits per heavy atom. The van der Waals surface area contributed by atoms with Gasteiger partial charge in [0.2, 0.25) is 11.9 Å². The van der Waals surface area contributed by atoms with E-state index in [1.54, 1.807) is 13.4 Å². The van der Waals surface area contributed by atoms with Gasteiger partial charge < -0.3 is 24.3 Å². The summed E-state index contributed by atoms with van der Waals surface area (Å²) in [6, 6.07) is 6.11. The van der Waals surface area contributed by atoms with Crippen molar-refractivity contribution in [1.82, 2.24) is 24.3 Å². The number of imidazole rings is 1. The zero-order chi connectivity index (χ0) is 22.1. The Labute approximate surface area is 183 Å². The number of hydrogen-bond acceptors (Lipinski definition) is 7. The minimum atomic E-state index is 0.154. The van der Waals surface area contributed by atoms with Crippen LogP contribution in [0.25, 0.3) is 5.69 Å². The van der Waals surface area contributed by atoms with Crippen LogP contribution in [0.2, 0.25) is 0 Å². The first-order valence-corrected chi connectivity index (χ1v) is 10.7. The Morgan fingerprint density at radius 2 is 1.94 bits per heavy atom. The Balaban J connectivity index is 1.60. The molecule has 3 heterocycles. The zero-order valence-corrected chi connectivity index (χ0v) is 19.0. The van der Waals surface area contributed by atoms with Gasteiger partial charge in [-0.1, -0.05) is 0 Å². The number of ether oxygens (including phenoxy) is 2. The largest absolute Gasteiger partial charge is 0.494 e. The van der Waals surface area contributed by atoms with E-state index in [1.807, 2.05) is 40.6 Å². The molecule has 0 bridgehead atoms. The molecule has 1 N–H and O–H groups in total. The van der Waals surface area contributed by atoms with E-state index in [-0.39, 0.29) is 18.2 Å². The minimum Gasteiger partial charge on any atom is -0.494 e. The Kier molecular flexibility index (Phi) is 5.86. The summed E-state index contributed by atoms with van der Waals surface area (Å²) in [6.07, 6.45) is 4.05. The Hall–Kier alpha value is -3.07. The molecule has 2 aromatic heterocycles. The normalized spacial score (nSPS) is 19.1. The van der Waals surface area contributed by atoms with Gasteiger partial charge in [-0.15, -0.1) is 5.10 Å². The fraction of sp³-hybridized carbons (Fsp3) is 0.500. The highest BCUT2D eigenvalue weighted by atomic mass is 16.5. The number of benzene rings is 1. The summed E-state index contributed by atoms with van der Waals surface area (Å²) in [5, 5.41) is 8.06. The van der Waals surface area contributed by atoms with Crippen molar-refractivity contribution in [3.8, 4) is 11.4 Å². The molecule has 9 heteroatoms. The van der Waals surface area contributed by atoms with Crippen LogP contribution in [0.1, 0.15) is 39.4 Å². The first-order valence-electron chi connectivity index (χ1n) is 10.7. The molecule has 1 fully saturated rings. The van der Waals surface area contributed by atoms with Gasteiger partial charge in [0.25, 0.3) is 0 Å². The van der Waals surface area contributed by atoms with Gasteiger partial charge in [-0.25, -0.2) is 9.67 Å². The second-order valence-electron chi connectivity index (χ2n) is 8.37. The predicted molar refractivity (Wildman–Crippen MR) is 121 cm³/mol. The van der Waals surface area contributed by atoms with Gasteiger partial charge in [-0.3, -0.25) is 0 Å². The quantitative estimate of drug-likeness (QED) is 0.644. The van der Waals surface area contributed by atoms with Crippen molar-refractivity contribution in [3.63, 3.8) is 0 Å². The van der Waals surface area contributed by atoms with E-state index in [1.165, 1.54) is 0 Å². The van der Waals surface area contributed by atoms with Gasteiger partial charge in [-0.05, 0) is 46.8 Å². The van der Waals surface area contributed by atoms with Crippen molar-refractivity contribution in [2.24, 2.45) is 0 Å². The monoisotopic (exact) mass is 425 g/mol. The van der Waals surface area contributed by atoms with Crippen molar-refractivity contribution in [3.05, 3.63) is 36.4 Å². The molecule has 166 valence electrons. The fourth-order valence-corrected chi connectivity index (χ4v) is 3.92. The third-order valence-electron chi connectivity index (χ3n) is 5.23. The molecule has 1 saturated heterocycles. The summed E-state index contributed by atoms with van der Waals surface area (Å²) in [7, 11) is 1.66. The van der Waals surface area contributed by atoms with Crippen LogP contribution in [0, 0.1) is 6.92 Å². The van der Waals surface area contributed by atoms with Crippen LogP contribution < -0.4 is 15.0 Å². The fourth-order valence-electron chi connectivity index (χ4n) is 3.92. The molecule has 0 aliphatic carbocycles. The molecule has 2 atom stereocenters. The smallest absolute Gasteiger partial charge is 0.248 e. The standard InChI is InChI=1S/C22H31N7O2/c1-14(2)29-22(27-11-16(4)31-17(5)12-27)25-21(26-29)24-18-7-8-19(20(9-18)30-6)28-10-15(3)23-13-28/h7-10,13-14,16-17H,11-12H2,1-6H3,(H,24,26)/t16-,17+. The topological polar surface area (TPSA) is 82.3 Å². The summed E-state index contributed by atoms with van der Waals surface area (Å²) in [6.45, 7) is 12.0. The summed E-state index contributed by atoms with van der Waals surface area (Å²) in [5.74, 6) is 2.16. The van der Waals surface area contributed by atoms with E-state index in [2.05, 4.69) is 42.9 Å². The SMILES string of the molecule is COc1cc(Nc2nc(N3C[C@@H](C)O[C@@H](C)C3)n(C(C)C)n2)ccc1-n1cnc(C)c1. The maximum atomic E-state index is 5.88. The molecular formula is C22H31N7O2. The molecule has 0 unspecified atom stereocenters. The van der Waals surface area contributed by atoms with Crippen molar-refractivity contribution in [2.45, 2.75) is 52.9 Å².